The molecule has 0 spiro atoms. The first kappa shape index (κ1) is 18.9. The fraction of sp³-hybridized carbons (Fsp3) is 0.208. The lowest BCUT2D eigenvalue weighted by molar-refractivity contribution is 0.0935. The lowest BCUT2D eigenvalue weighted by atomic mass is 10.1. The number of para-hydroxylation sites is 1. The standard InChI is InChI=1S/C24H23NO4/c1-17(19-11-12-22-23(15-19)28-14-13-27-22)25-24(26)20-9-5-6-10-21(20)29-16-18-7-3-2-4-8-18/h2-12,15,17H,13-14,16H2,1H3,(H,25,26)/t17-/m1/s1. The number of hydrogen-bond acceptors (Lipinski definition) is 4. The average Bonchev–Trinajstić information content (AvgIpc) is 2.78. The van der Waals surface area contributed by atoms with E-state index < -0.39 is 0 Å². The van der Waals surface area contributed by atoms with E-state index in [2.05, 4.69) is 5.32 Å². The number of ether oxygens (including phenoxy) is 3. The third-order valence-electron chi connectivity index (χ3n) is 4.78. The SMILES string of the molecule is C[C@@H](NC(=O)c1ccccc1OCc1ccccc1)c1ccc2c(c1)OCCO2. The van der Waals surface area contributed by atoms with Gasteiger partial charge in [0.05, 0.1) is 11.6 Å². The molecule has 0 aromatic heterocycles. The second kappa shape index (κ2) is 8.69. The highest BCUT2D eigenvalue weighted by molar-refractivity contribution is 5.97. The quantitative estimate of drug-likeness (QED) is 0.673. The molecule has 5 nitrogen and oxygen atoms in total. The highest BCUT2D eigenvalue weighted by Gasteiger charge is 2.18. The van der Waals surface area contributed by atoms with Gasteiger partial charge in [0.1, 0.15) is 25.6 Å². The van der Waals surface area contributed by atoms with Crippen LogP contribution >= 0.6 is 0 Å². The maximum absolute atomic E-state index is 12.9. The molecule has 0 bridgehead atoms. The van der Waals surface area contributed by atoms with E-state index in [-0.39, 0.29) is 11.9 Å². The zero-order valence-electron chi connectivity index (χ0n) is 16.3. The summed E-state index contributed by atoms with van der Waals surface area (Å²) in [5.41, 5.74) is 2.51. The molecule has 5 heteroatoms. The fourth-order valence-corrected chi connectivity index (χ4v) is 3.20. The fourth-order valence-electron chi connectivity index (χ4n) is 3.20. The van der Waals surface area contributed by atoms with Crippen LogP contribution in [0.2, 0.25) is 0 Å². The molecule has 0 saturated heterocycles. The highest BCUT2D eigenvalue weighted by atomic mass is 16.6. The predicted molar refractivity (Wildman–Crippen MR) is 111 cm³/mol. The number of fused-ring (bicyclic) bond motifs is 1. The first-order chi connectivity index (χ1) is 14.2. The van der Waals surface area contributed by atoms with Gasteiger partial charge in [-0.25, -0.2) is 0 Å². The molecule has 1 aliphatic rings. The second-order valence-corrected chi connectivity index (χ2v) is 6.87. The number of hydrogen-bond donors (Lipinski definition) is 1. The Hall–Kier alpha value is -3.47. The summed E-state index contributed by atoms with van der Waals surface area (Å²) < 4.78 is 17.1. The van der Waals surface area contributed by atoms with Gasteiger partial charge in [0.25, 0.3) is 5.91 Å². The summed E-state index contributed by atoms with van der Waals surface area (Å²) in [6.07, 6.45) is 0. The van der Waals surface area contributed by atoms with Gasteiger partial charge in [-0.05, 0) is 42.3 Å². The summed E-state index contributed by atoms with van der Waals surface area (Å²) in [5.74, 6) is 1.82. The van der Waals surface area contributed by atoms with E-state index in [0.717, 1.165) is 16.9 Å². The Bertz CT molecular complexity index is 987. The van der Waals surface area contributed by atoms with Crippen molar-refractivity contribution < 1.29 is 19.0 Å². The van der Waals surface area contributed by atoms with Crippen molar-refractivity contribution in [3.63, 3.8) is 0 Å². The topological polar surface area (TPSA) is 56.8 Å². The molecule has 1 atom stereocenters. The Morgan fingerprint density at radius 3 is 2.52 bits per heavy atom. The zero-order chi connectivity index (χ0) is 20.1. The molecule has 1 heterocycles. The van der Waals surface area contributed by atoms with Crippen LogP contribution in [-0.2, 0) is 6.61 Å². The molecule has 0 unspecified atom stereocenters. The first-order valence-electron chi connectivity index (χ1n) is 9.67. The summed E-state index contributed by atoms with van der Waals surface area (Å²) in [4.78, 5) is 12.9. The van der Waals surface area contributed by atoms with E-state index in [1.54, 1.807) is 6.07 Å². The van der Waals surface area contributed by atoms with Crippen molar-refractivity contribution in [2.75, 3.05) is 13.2 Å². The Balaban J connectivity index is 1.45. The van der Waals surface area contributed by atoms with Crippen LogP contribution in [0.3, 0.4) is 0 Å². The largest absolute Gasteiger partial charge is 0.488 e. The highest BCUT2D eigenvalue weighted by Crippen LogP contribution is 2.32. The van der Waals surface area contributed by atoms with Gasteiger partial charge < -0.3 is 19.5 Å². The number of amides is 1. The molecular formula is C24H23NO4. The van der Waals surface area contributed by atoms with Crippen LogP contribution in [0.4, 0.5) is 0 Å². The van der Waals surface area contributed by atoms with Gasteiger partial charge in [0, 0.05) is 0 Å². The van der Waals surface area contributed by atoms with E-state index in [1.807, 2.05) is 73.7 Å². The average molecular weight is 389 g/mol. The normalized spacial score (nSPS) is 13.4. The molecule has 29 heavy (non-hydrogen) atoms. The van der Waals surface area contributed by atoms with Crippen molar-refractivity contribution in [2.45, 2.75) is 19.6 Å². The molecule has 1 aliphatic heterocycles. The monoisotopic (exact) mass is 389 g/mol. The Kier molecular flexibility index (Phi) is 5.66. The molecule has 1 amide bonds. The molecule has 0 radical (unpaired) electrons. The summed E-state index contributed by atoms with van der Waals surface area (Å²) in [6.45, 7) is 3.43. The van der Waals surface area contributed by atoms with Crippen LogP contribution in [-0.4, -0.2) is 19.1 Å². The van der Waals surface area contributed by atoms with E-state index in [0.29, 0.717) is 36.9 Å². The number of carbonyl (C=O) groups excluding carboxylic acids is 1. The van der Waals surface area contributed by atoms with E-state index in [4.69, 9.17) is 14.2 Å². The molecule has 1 N–H and O–H groups in total. The van der Waals surface area contributed by atoms with Gasteiger partial charge in [0.2, 0.25) is 0 Å². The molecular weight excluding hydrogens is 366 g/mol. The van der Waals surface area contributed by atoms with Crippen LogP contribution in [0, 0.1) is 0 Å². The predicted octanol–water partition coefficient (Wildman–Crippen LogP) is 4.53. The molecule has 4 rings (SSSR count). The third kappa shape index (κ3) is 4.51. The molecule has 148 valence electrons. The van der Waals surface area contributed by atoms with Crippen molar-refractivity contribution in [3.05, 3.63) is 89.5 Å². The zero-order valence-corrected chi connectivity index (χ0v) is 16.3. The van der Waals surface area contributed by atoms with Crippen LogP contribution in [0.1, 0.15) is 34.5 Å². The number of nitrogens with one attached hydrogen (secondary N) is 1. The lowest BCUT2D eigenvalue weighted by Gasteiger charge is -2.21. The number of carbonyl (C=O) groups is 1. The Morgan fingerprint density at radius 2 is 1.69 bits per heavy atom. The molecule has 0 aliphatic carbocycles. The van der Waals surface area contributed by atoms with Crippen molar-refractivity contribution in [1.82, 2.24) is 5.32 Å². The van der Waals surface area contributed by atoms with Gasteiger partial charge in [-0.15, -0.1) is 0 Å². The summed E-state index contributed by atoms with van der Waals surface area (Å²) >= 11 is 0. The lowest BCUT2D eigenvalue weighted by Crippen LogP contribution is -2.27. The van der Waals surface area contributed by atoms with Gasteiger partial charge in [-0.1, -0.05) is 48.5 Å². The van der Waals surface area contributed by atoms with Crippen molar-refractivity contribution in [3.8, 4) is 17.2 Å². The van der Waals surface area contributed by atoms with Crippen molar-refractivity contribution in [1.29, 1.82) is 0 Å². The van der Waals surface area contributed by atoms with Gasteiger partial charge in [-0.2, -0.15) is 0 Å². The third-order valence-corrected chi connectivity index (χ3v) is 4.78. The van der Waals surface area contributed by atoms with Crippen LogP contribution in [0.25, 0.3) is 0 Å². The van der Waals surface area contributed by atoms with Crippen LogP contribution in [0.5, 0.6) is 17.2 Å². The smallest absolute Gasteiger partial charge is 0.255 e. The van der Waals surface area contributed by atoms with Crippen molar-refractivity contribution in [2.24, 2.45) is 0 Å². The molecule has 3 aromatic carbocycles. The summed E-state index contributed by atoms with van der Waals surface area (Å²) in [7, 11) is 0. The van der Waals surface area contributed by atoms with Crippen LogP contribution in [0.15, 0.2) is 72.8 Å². The van der Waals surface area contributed by atoms with Gasteiger partial charge in [-0.3, -0.25) is 4.79 Å². The molecule has 0 fully saturated rings. The maximum Gasteiger partial charge on any atom is 0.255 e. The molecule has 3 aromatic rings. The van der Waals surface area contributed by atoms with Crippen LogP contribution < -0.4 is 19.5 Å². The molecule has 0 saturated carbocycles. The number of rotatable bonds is 6. The van der Waals surface area contributed by atoms with E-state index >= 15 is 0 Å². The minimum absolute atomic E-state index is 0.184. The summed E-state index contributed by atoms with van der Waals surface area (Å²) in [6, 6.07) is 22.7. The van der Waals surface area contributed by atoms with E-state index in [1.165, 1.54) is 0 Å². The summed E-state index contributed by atoms with van der Waals surface area (Å²) in [5, 5.41) is 3.04. The number of benzene rings is 3. The van der Waals surface area contributed by atoms with Crippen molar-refractivity contribution >= 4 is 5.91 Å². The first-order valence-corrected chi connectivity index (χ1v) is 9.67. The minimum atomic E-state index is -0.194. The second-order valence-electron chi connectivity index (χ2n) is 6.87. The Labute approximate surface area is 170 Å². The maximum atomic E-state index is 12.9. The Morgan fingerprint density at radius 1 is 0.966 bits per heavy atom. The van der Waals surface area contributed by atoms with Gasteiger partial charge >= 0.3 is 0 Å². The van der Waals surface area contributed by atoms with E-state index in [9.17, 15) is 4.79 Å². The minimum Gasteiger partial charge on any atom is -0.488 e. The van der Waals surface area contributed by atoms with Gasteiger partial charge in [0.15, 0.2) is 11.5 Å².